The molecule has 86 valence electrons. The summed E-state index contributed by atoms with van der Waals surface area (Å²) in [5, 5.41) is 5.61. The minimum Gasteiger partial charge on any atom is -0.273 e. The van der Waals surface area contributed by atoms with Gasteiger partial charge in [0.2, 0.25) is 5.91 Å². The van der Waals surface area contributed by atoms with Crippen molar-refractivity contribution in [2.24, 2.45) is 5.29 Å². The number of amides is 1. The largest absolute Gasteiger partial charge is 0.273 e. The molecule has 0 aromatic heterocycles. The van der Waals surface area contributed by atoms with Crippen LogP contribution in [0, 0.1) is 4.91 Å². The Bertz CT molecular complexity index is 598. The van der Waals surface area contributed by atoms with Gasteiger partial charge in [-0.15, -0.1) is 4.91 Å². The van der Waals surface area contributed by atoms with Crippen molar-refractivity contribution in [2.45, 2.75) is 6.92 Å². The fourth-order valence-corrected chi connectivity index (χ4v) is 1.93. The minimum atomic E-state index is -0.438. The van der Waals surface area contributed by atoms with E-state index in [0.717, 1.165) is 15.8 Å². The summed E-state index contributed by atoms with van der Waals surface area (Å²) in [6.45, 7) is 1.28. The van der Waals surface area contributed by atoms with Crippen LogP contribution in [0.4, 0.5) is 5.69 Å². The summed E-state index contributed by atoms with van der Waals surface area (Å²) in [5.41, 5.74) is 0.438. The topological polar surface area (TPSA) is 49.7 Å². The first kappa shape index (κ1) is 11.5. The molecule has 0 heterocycles. The maximum atomic E-state index is 11.3. The van der Waals surface area contributed by atoms with Crippen LogP contribution < -0.4 is 5.01 Å². The van der Waals surface area contributed by atoms with Crippen molar-refractivity contribution in [2.75, 3.05) is 5.01 Å². The number of carbonyl (C=O) groups is 1. The number of nitrogens with zero attached hydrogens (tertiary/aromatic N) is 2. The van der Waals surface area contributed by atoms with Crippen LogP contribution in [-0.2, 0) is 4.79 Å². The van der Waals surface area contributed by atoms with Gasteiger partial charge < -0.3 is 0 Å². The zero-order chi connectivity index (χ0) is 12.4. The number of hydrogen-bond donors (Lipinski definition) is 0. The van der Waals surface area contributed by atoms with Crippen molar-refractivity contribution in [3.63, 3.8) is 0 Å². The van der Waals surface area contributed by atoms with Gasteiger partial charge in [0.25, 0.3) is 0 Å². The standard InChI is InChI=1S/C12H9ClN2O2/c1-8(16)15(14-17)12-7-6-11(13)9-4-2-3-5-10(9)12/h2-7H,1H3. The van der Waals surface area contributed by atoms with Gasteiger partial charge >= 0.3 is 0 Å². The highest BCUT2D eigenvalue weighted by Crippen LogP contribution is 2.32. The SMILES string of the molecule is CC(=O)N(N=O)c1ccc(Cl)c2ccccc12. The van der Waals surface area contributed by atoms with E-state index in [1.807, 2.05) is 18.2 Å². The molecule has 2 aromatic carbocycles. The first-order chi connectivity index (χ1) is 8.15. The smallest absolute Gasteiger partial charge is 0.246 e. The molecule has 2 aromatic rings. The fraction of sp³-hybridized carbons (Fsp3) is 0.0833. The Labute approximate surface area is 103 Å². The van der Waals surface area contributed by atoms with Crippen molar-refractivity contribution < 1.29 is 4.79 Å². The number of nitroso groups, excluding NO2 is 1. The highest BCUT2D eigenvalue weighted by atomic mass is 35.5. The molecule has 0 radical (unpaired) electrons. The van der Waals surface area contributed by atoms with E-state index in [1.54, 1.807) is 18.2 Å². The van der Waals surface area contributed by atoms with Crippen LogP contribution in [0.2, 0.25) is 5.02 Å². The maximum Gasteiger partial charge on any atom is 0.246 e. The summed E-state index contributed by atoms with van der Waals surface area (Å²) >= 11 is 6.04. The van der Waals surface area contributed by atoms with E-state index in [0.29, 0.717) is 10.7 Å². The summed E-state index contributed by atoms with van der Waals surface area (Å²) in [5.74, 6) is -0.438. The Morgan fingerprint density at radius 1 is 1.18 bits per heavy atom. The number of halogens is 1. The number of fused-ring (bicyclic) bond motifs is 1. The molecule has 1 amide bonds. The number of anilines is 1. The lowest BCUT2D eigenvalue weighted by Gasteiger charge is -2.14. The molecule has 4 nitrogen and oxygen atoms in total. The van der Waals surface area contributed by atoms with Crippen molar-refractivity contribution >= 4 is 34.0 Å². The number of rotatable bonds is 2. The quantitative estimate of drug-likeness (QED) is 0.603. The molecule has 0 fully saturated rings. The van der Waals surface area contributed by atoms with Crippen molar-refractivity contribution in [1.29, 1.82) is 0 Å². The van der Waals surface area contributed by atoms with E-state index in [1.165, 1.54) is 6.92 Å². The van der Waals surface area contributed by atoms with Crippen molar-refractivity contribution in [1.82, 2.24) is 0 Å². The van der Waals surface area contributed by atoms with Crippen molar-refractivity contribution in [3.8, 4) is 0 Å². The summed E-state index contributed by atoms with van der Waals surface area (Å²) in [6.07, 6.45) is 0. The average Bonchev–Trinajstić information content (AvgIpc) is 2.33. The molecule has 0 aliphatic rings. The van der Waals surface area contributed by atoms with Crippen LogP contribution in [0.5, 0.6) is 0 Å². The fourth-order valence-electron chi connectivity index (χ4n) is 1.70. The Morgan fingerprint density at radius 2 is 1.82 bits per heavy atom. The van der Waals surface area contributed by atoms with Gasteiger partial charge in [0, 0.05) is 22.7 Å². The van der Waals surface area contributed by atoms with Crippen molar-refractivity contribution in [3.05, 3.63) is 46.3 Å². The van der Waals surface area contributed by atoms with Gasteiger partial charge in [-0.3, -0.25) is 4.79 Å². The van der Waals surface area contributed by atoms with Crippen LogP contribution in [0.1, 0.15) is 6.92 Å². The average molecular weight is 249 g/mol. The third-order valence-electron chi connectivity index (χ3n) is 2.46. The molecule has 2 rings (SSSR count). The predicted molar refractivity (Wildman–Crippen MR) is 67.9 cm³/mol. The second kappa shape index (κ2) is 4.51. The molecular weight excluding hydrogens is 240 g/mol. The van der Waals surface area contributed by atoms with E-state index in [4.69, 9.17) is 11.6 Å². The van der Waals surface area contributed by atoms with Gasteiger partial charge in [0.15, 0.2) is 0 Å². The Hall–Kier alpha value is -1.94. The van der Waals surface area contributed by atoms with Gasteiger partial charge in [-0.05, 0) is 12.1 Å². The lowest BCUT2D eigenvalue weighted by Crippen LogP contribution is -2.21. The van der Waals surface area contributed by atoms with Crippen LogP contribution in [0.15, 0.2) is 41.7 Å². The van der Waals surface area contributed by atoms with Gasteiger partial charge in [0.1, 0.15) is 0 Å². The zero-order valence-corrected chi connectivity index (χ0v) is 9.81. The maximum absolute atomic E-state index is 11.3. The molecule has 17 heavy (non-hydrogen) atoms. The molecule has 0 bridgehead atoms. The van der Waals surface area contributed by atoms with Gasteiger partial charge in [0.05, 0.1) is 11.0 Å². The molecule has 0 saturated heterocycles. The van der Waals surface area contributed by atoms with E-state index in [9.17, 15) is 9.70 Å². The molecule has 5 heteroatoms. The second-order valence-electron chi connectivity index (χ2n) is 3.52. The van der Waals surface area contributed by atoms with Crippen LogP contribution in [0.3, 0.4) is 0 Å². The van der Waals surface area contributed by atoms with E-state index in [-0.39, 0.29) is 0 Å². The molecule has 0 saturated carbocycles. The normalized spacial score (nSPS) is 10.2. The molecule has 0 atom stereocenters. The second-order valence-corrected chi connectivity index (χ2v) is 3.93. The van der Waals surface area contributed by atoms with Gasteiger partial charge in [-0.2, -0.15) is 5.01 Å². The molecule has 0 unspecified atom stereocenters. The molecular formula is C12H9ClN2O2. The van der Waals surface area contributed by atoms with Crippen LogP contribution >= 0.6 is 11.6 Å². The molecule has 0 spiro atoms. The molecule has 0 aliphatic heterocycles. The highest BCUT2D eigenvalue weighted by molar-refractivity contribution is 6.36. The third-order valence-corrected chi connectivity index (χ3v) is 2.79. The zero-order valence-electron chi connectivity index (χ0n) is 9.05. The summed E-state index contributed by atoms with van der Waals surface area (Å²) in [7, 11) is 0. The lowest BCUT2D eigenvalue weighted by atomic mass is 10.1. The monoisotopic (exact) mass is 248 g/mol. The highest BCUT2D eigenvalue weighted by Gasteiger charge is 2.15. The Morgan fingerprint density at radius 3 is 2.41 bits per heavy atom. The van der Waals surface area contributed by atoms with Crippen LogP contribution in [0.25, 0.3) is 10.8 Å². The summed E-state index contributed by atoms with van der Waals surface area (Å²) < 4.78 is 0. The number of benzene rings is 2. The van der Waals surface area contributed by atoms with Gasteiger partial charge in [-0.1, -0.05) is 35.9 Å². The molecule has 0 N–H and O–H groups in total. The predicted octanol–water partition coefficient (Wildman–Crippen LogP) is 3.53. The number of hydrogen-bond acceptors (Lipinski definition) is 3. The first-order valence-electron chi connectivity index (χ1n) is 4.96. The van der Waals surface area contributed by atoms with E-state index < -0.39 is 5.91 Å². The third kappa shape index (κ3) is 1.99. The van der Waals surface area contributed by atoms with E-state index in [2.05, 4.69) is 5.29 Å². The summed E-state index contributed by atoms with van der Waals surface area (Å²) in [4.78, 5) is 22.0. The molecule has 0 aliphatic carbocycles. The van der Waals surface area contributed by atoms with Gasteiger partial charge in [-0.25, -0.2) is 0 Å². The lowest BCUT2D eigenvalue weighted by molar-refractivity contribution is -0.116. The Kier molecular flexibility index (Phi) is 3.06. The van der Waals surface area contributed by atoms with Crippen LogP contribution in [-0.4, -0.2) is 5.91 Å². The first-order valence-corrected chi connectivity index (χ1v) is 5.34. The summed E-state index contributed by atoms with van der Waals surface area (Å²) in [6, 6.07) is 10.5. The Balaban J connectivity index is 2.74. The van der Waals surface area contributed by atoms with E-state index >= 15 is 0 Å². The minimum absolute atomic E-state index is 0.438. The number of carbonyl (C=O) groups excluding carboxylic acids is 1.